The van der Waals surface area contributed by atoms with E-state index in [1.54, 1.807) is 5.32 Å². The second-order valence-corrected chi connectivity index (χ2v) is 9.01. The molecule has 0 unspecified atom stereocenters. The number of ether oxygens (including phenoxy) is 1. The van der Waals surface area contributed by atoms with E-state index in [0.29, 0.717) is 0 Å². The van der Waals surface area contributed by atoms with Crippen molar-refractivity contribution in [3.63, 3.8) is 0 Å². The Kier molecular flexibility index (Phi) is 8.33. The number of aromatic nitrogens is 3. The molecule has 0 fully saturated rings. The van der Waals surface area contributed by atoms with Gasteiger partial charge in [0.15, 0.2) is 5.82 Å². The van der Waals surface area contributed by atoms with Gasteiger partial charge in [0.2, 0.25) is 0 Å². The van der Waals surface area contributed by atoms with E-state index in [1.165, 1.54) is 49.6 Å². The van der Waals surface area contributed by atoms with E-state index in [4.69, 9.17) is 16.3 Å². The number of hydrogen-bond acceptors (Lipinski definition) is 5. The molecule has 220 valence electrons. The second-order valence-electron chi connectivity index (χ2n) is 8.60. The van der Waals surface area contributed by atoms with Gasteiger partial charge < -0.3 is 15.4 Å². The third-order valence-electron chi connectivity index (χ3n) is 5.74. The number of rotatable bonds is 7. The van der Waals surface area contributed by atoms with Crippen molar-refractivity contribution >= 4 is 29.1 Å². The molecule has 4 rings (SSSR count). The molecular weight excluding hydrogens is 596 g/mol. The molecule has 3 aromatic carbocycles. The van der Waals surface area contributed by atoms with Crippen molar-refractivity contribution in [2.24, 2.45) is 0 Å². The van der Waals surface area contributed by atoms with Crippen LogP contribution in [0.3, 0.4) is 0 Å². The number of alkyl halides is 6. The molecule has 0 aliphatic carbocycles. The fraction of sp³-hybridized carbons (Fsp3) is 0.154. The summed E-state index contributed by atoms with van der Waals surface area (Å²) in [6.07, 6.45) is -9.67. The lowest BCUT2D eigenvalue weighted by Gasteiger charge is -2.12. The fourth-order valence-electron chi connectivity index (χ4n) is 3.74. The van der Waals surface area contributed by atoms with Crippen LogP contribution in [-0.4, -0.2) is 39.9 Å². The van der Waals surface area contributed by atoms with Crippen LogP contribution >= 0.6 is 11.6 Å². The first kappa shape index (κ1) is 30.2. The van der Waals surface area contributed by atoms with E-state index in [0.717, 1.165) is 22.9 Å². The quantitative estimate of drug-likeness (QED) is 0.243. The standard InChI is InChI=1S/C26H18ClF6N5O4/c1-42-20-11-16(6-7-17(20)22(39)35-15-4-2-3-14(10-15)25(28,29)30)38-24(41)36-21(37-38)18-9-13(5-8-19(18)27)12-34-23(40)26(31,32)33/h2-11H,12H2,1H3,(H,34,40)(H,35,39)(H,36,37,41). The third kappa shape index (κ3) is 6.74. The zero-order valence-electron chi connectivity index (χ0n) is 21.2. The summed E-state index contributed by atoms with van der Waals surface area (Å²) in [4.78, 5) is 39.1. The Hall–Kier alpha value is -4.79. The van der Waals surface area contributed by atoms with Gasteiger partial charge in [0, 0.05) is 23.9 Å². The number of carbonyl (C=O) groups is 2. The minimum Gasteiger partial charge on any atom is -0.496 e. The second kappa shape index (κ2) is 11.6. The van der Waals surface area contributed by atoms with Crippen LogP contribution in [0.25, 0.3) is 17.1 Å². The highest BCUT2D eigenvalue weighted by molar-refractivity contribution is 6.33. The van der Waals surface area contributed by atoms with Crippen molar-refractivity contribution in [1.29, 1.82) is 0 Å². The topological polar surface area (TPSA) is 118 Å². The number of methoxy groups -OCH3 is 1. The van der Waals surface area contributed by atoms with Gasteiger partial charge in [-0.05, 0) is 48.0 Å². The van der Waals surface area contributed by atoms with Gasteiger partial charge in [0.1, 0.15) is 5.75 Å². The molecule has 0 saturated heterocycles. The smallest absolute Gasteiger partial charge is 0.471 e. The lowest BCUT2D eigenvalue weighted by molar-refractivity contribution is -0.173. The first-order valence-corrected chi connectivity index (χ1v) is 12.1. The van der Waals surface area contributed by atoms with Crippen LogP contribution in [0.15, 0.2) is 65.5 Å². The molecule has 42 heavy (non-hydrogen) atoms. The Balaban J connectivity index is 1.59. The molecule has 0 bridgehead atoms. The molecule has 0 aliphatic rings. The van der Waals surface area contributed by atoms with Crippen molar-refractivity contribution in [2.45, 2.75) is 18.9 Å². The van der Waals surface area contributed by atoms with E-state index < -0.39 is 42.0 Å². The summed E-state index contributed by atoms with van der Waals surface area (Å²) in [5, 5.41) is 8.37. The molecule has 0 saturated carbocycles. The number of amides is 2. The Morgan fingerprint density at radius 1 is 1.02 bits per heavy atom. The molecule has 3 N–H and O–H groups in total. The Morgan fingerprint density at radius 3 is 2.43 bits per heavy atom. The molecule has 9 nitrogen and oxygen atoms in total. The van der Waals surface area contributed by atoms with Gasteiger partial charge in [-0.25, -0.2) is 4.79 Å². The predicted octanol–water partition coefficient (Wildman–Crippen LogP) is 5.34. The number of halogens is 7. The van der Waals surface area contributed by atoms with E-state index in [1.807, 2.05) is 0 Å². The van der Waals surface area contributed by atoms with Gasteiger partial charge in [-0.2, -0.15) is 31.0 Å². The van der Waals surface area contributed by atoms with Crippen LogP contribution in [0.2, 0.25) is 5.02 Å². The first-order chi connectivity index (χ1) is 19.7. The van der Waals surface area contributed by atoms with Crippen LogP contribution in [0.4, 0.5) is 32.0 Å². The Bertz CT molecular complexity index is 1710. The SMILES string of the molecule is COc1cc(-n2nc(-c3cc(CNC(=O)C(F)(F)F)ccc3Cl)[nH]c2=O)ccc1C(=O)Nc1cccc(C(F)(F)F)c1. The molecule has 1 heterocycles. The van der Waals surface area contributed by atoms with Crippen molar-refractivity contribution in [2.75, 3.05) is 12.4 Å². The summed E-state index contributed by atoms with van der Waals surface area (Å²) in [6, 6.07) is 12.0. The van der Waals surface area contributed by atoms with Crippen molar-refractivity contribution in [3.8, 4) is 22.8 Å². The van der Waals surface area contributed by atoms with Crippen LogP contribution in [0, 0.1) is 0 Å². The van der Waals surface area contributed by atoms with Gasteiger partial charge in [0.25, 0.3) is 5.91 Å². The number of carbonyl (C=O) groups excluding carboxylic acids is 2. The normalized spacial score (nSPS) is 11.7. The average molecular weight is 614 g/mol. The van der Waals surface area contributed by atoms with Crippen LogP contribution in [0.1, 0.15) is 21.5 Å². The van der Waals surface area contributed by atoms with Crippen molar-refractivity contribution < 1.29 is 40.7 Å². The van der Waals surface area contributed by atoms with Gasteiger partial charge >= 0.3 is 23.9 Å². The van der Waals surface area contributed by atoms with E-state index in [2.05, 4.69) is 15.4 Å². The zero-order chi connectivity index (χ0) is 30.8. The predicted molar refractivity (Wildman–Crippen MR) is 138 cm³/mol. The van der Waals surface area contributed by atoms with Crippen molar-refractivity contribution in [3.05, 3.63) is 92.9 Å². The Morgan fingerprint density at radius 2 is 1.76 bits per heavy atom. The zero-order valence-corrected chi connectivity index (χ0v) is 21.9. The summed E-state index contributed by atoms with van der Waals surface area (Å²) in [7, 11) is 1.24. The molecule has 0 radical (unpaired) electrons. The molecule has 4 aromatic rings. The molecule has 16 heteroatoms. The number of nitrogens with zero attached hydrogens (tertiary/aromatic N) is 2. The highest BCUT2D eigenvalue weighted by atomic mass is 35.5. The Labute approximate surface area is 237 Å². The monoisotopic (exact) mass is 613 g/mol. The molecule has 0 aliphatic heterocycles. The largest absolute Gasteiger partial charge is 0.496 e. The minimum absolute atomic E-state index is 0.0335. The number of H-pyrrole nitrogens is 1. The first-order valence-electron chi connectivity index (χ1n) is 11.7. The van der Waals surface area contributed by atoms with Gasteiger partial charge in [-0.15, -0.1) is 5.10 Å². The lowest BCUT2D eigenvalue weighted by atomic mass is 10.1. The third-order valence-corrected chi connectivity index (χ3v) is 6.07. The summed E-state index contributed by atoms with van der Waals surface area (Å²) in [6.45, 7) is -0.478. The van der Waals surface area contributed by atoms with E-state index in [9.17, 15) is 40.7 Å². The lowest BCUT2D eigenvalue weighted by Crippen LogP contribution is -2.36. The number of hydrogen-bond donors (Lipinski definition) is 3. The van der Waals surface area contributed by atoms with Gasteiger partial charge in [-0.1, -0.05) is 23.7 Å². The molecule has 2 amide bonds. The summed E-state index contributed by atoms with van der Waals surface area (Å²) < 4.78 is 82.7. The van der Waals surface area contributed by atoms with Gasteiger partial charge in [-0.3, -0.25) is 14.6 Å². The highest BCUT2D eigenvalue weighted by Crippen LogP contribution is 2.31. The van der Waals surface area contributed by atoms with Crippen LogP contribution < -0.4 is 21.1 Å². The summed E-state index contributed by atoms with van der Waals surface area (Å²) >= 11 is 6.21. The number of nitrogens with one attached hydrogen (secondary N) is 3. The van der Waals surface area contributed by atoms with Crippen LogP contribution in [0.5, 0.6) is 5.75 Å². The maximum Gasteiger partial charge on any atom is 0.471 e. The van der Waals surface area contributed by atoms with Crippen molar-refractivity contribution in [1.82, 2.24) is 20.1 Å². The van der Waals surface area contributed by atoms with E-state index >= 15 is 0 Å². The number of benzene rings is 3. The number of aromatic amines is 1. The van der Waals surface area contributed by atoms with Crippen LogP contribution in [-0.2, 0) is 17.5 Å². The van der Waals surface area contributed by atoms with Gasteiger partial charge in [0.05, 0.1) is 28.9 Å². The molecule has 0 spiro atoms. The summed E-state index contributed by atoms with van der Waals surface area (Å²) in [5.74, 6) is -3.00. The molecule has 1 aromatic heterocycles. The highest BCUT2D eigenvalue weighted by Gasteiger charge is 2.38. The molecule has 0 atom stereocenters. The molecular formula is C26H18ClF6N5O4. The summed E-state index contributed by atoms with van der Waals surface area (Å²) in [5.41, 5.74) is -1.35. The minimum atomic E-state index is -5.06. The average Bonchev–Trinajstić information content (AvgIpc) is 3.32. The maximum atomic E-state index is 13.0. The fourth-order valence-corrected chi connectivity index (χ4v) is 3.95. The van der Waals surface area contributed by atoms with E-state index in [-0.39, 0.29) is 44.7 Å². The number of anilines is 1. The maximum absolute atomic E-state index is 13.0.